The van der Waals surface area contributed by atoms with Gasteiger partial charge in [-0.1, -0.05) is 48.0 Å². The maximum absolute atomic E-state index is 13.2. The van der Waals surface area contributed by atoms with Gasteiger partial charge in [0, 0.05) is 12.2 Å². The minimum absolute atomic E-state index is 0.244. The molecular formula is C25H25N3O4. The van der Waals surface area contributed by atoms with E-state index in [1.807, 2.05) is 49.4 Å². The first-order valence-corrected chi connectivity index (χ1v) is 10.5. The molecule has 0 radical (unpaired) electrons. The standard InChI is InChI=1S/C25H25N3O4/c1-18-10-12-21(13-11-18)28-19(2)24(30)27(25(28)31)17-23(29)26(16-22-9-6-14-32-22)15-20-7-4-3-5-8-20/h3-14,19H,15-17H2,1-2H3. The Kier molecular flexibility index (Phi) is 6.07. The summed E-state index contributed by atoms with van der Waals surface area (Å²) in [7, 11) is 0. The Hall–Kier alpha value is -3.87. The molecule has 1 aliphatic rings. The van der Waals surface area contributed by atoms with Gasteiger partial charge in [0.2, 0.25) is 5.91 Å². The third-order valence-electron chi connectivity index (χ3n) is 5.55. The fourth-order valence-corrected chi connectivity index (χ4v) is 3.77. The smallest absolute Gasteiger partial charge is 0.332 e. The summed E-state index contributed by atoms with van der Waals surface area (Å²) in [4.78, 5) is 43.3. The molecule has 3 aromatic rings. The Bertz CT molecular complexity index is 1090. The average Bonchev–Trinajstić information content (AvgIpc) is 3.38. The van der Waals surface area contributed by atoms with Crippen LogP contribution in [0.3, 0.4) is 0 Å². The van der Waals surface area contributed by atoms with Crippen LogP contribution in [-0.4, -0.2) is 40.2 Å². The number of anilines is 1. The zero-order valence-electron chi connectivity index (χ0n) is 18.1. The van der Waals surface area contributed by atoms with E-state index in [4.69, 9.17) is 4.42 Å². The second-order valence-corrected chi connectivity index (χ2v) is 7.90. The number of urea groups is 1. The van der Waals surface area contributed by atoms with E-state index in [9.17, 15) is 14.4 Å². The number of rotatable bonds is 7. The van der Waals surface area contributed by atoms with Crippen LogP contribution >= 0.6 is 0 Å². The average molecular weight is 431 g/mol. The highest BCUT2D eigenvalue weighted by Gasteiger charge is 2.44. The summed E-state index contributed by atoms with van der Waals surface area (Å²) in [5.74, 6) is -0.0884. The second kappa shape index (κ2) is 9.09. The molecule has 2 heterocycles. The Morgan fingerprint density at radius 2 is 1.69 bits per heavy atom. The minimum atomic E-state index is -0.675. The number of hydrogen-bond donors (Lipinski definition) is 0. The molecule has 4 amide bonds. The van der Waals surface area contributed by atoms with Crippen molar-refractivity contribution in [2.24, 2.45) is 0 Å². The van der Waals surface area contributed by atoms with E-state index < -0.39 is 12.1 Å². The first kappa shape index (κ1) is 21.4. The van der Waals surface area contributed by atoms with Gasteiger partial charge >= 0.3 is 6.03 Å². The van der Waals surface area contributed by atoms with Crippen molar-refractivity contribution in [2.75, 3.05) is 11.4 Å². The van der Waals surface area contributed by atoms with Gasteiger partial charge < -0.3 is 9.32 Å². The van der Waals surface area contributed by atoms with Crippen LogP contribution < -0.4 is 4.90 Å². The number of aryl methyl sites for hydroxylation is 1. The molecule has 1 saturated heterocycles. The number of carbonyl (C=O) groups is 3. The molecule has 0 saturated carbocycles. The molecular weight excluding hydrogens is 406 g/mol. The van der Waals surface area contributed by atoms with Crippen molar-refractivity contribution in [2.45, 2.75) is 33.0 Å². The lowest BCUT2D eigenvalue weighted by molar-refractivity contribution is -0.138. The van der Waals surface area contributed by atoms with E-state index in [-0.39, 0.29) is 24.9 Å². The molecule has 1 atom stereocenters. The SMILES string of the molecule is Cc1ccc(N2C(=O)N(CC(=O)N(Cc3ccccc3)Cc3ccco3)C(=O)C2C)cc1. The van der Waals surface area contributed by atoms with E-state index in [0.29, 0.717) is 18.0 Å². The molecule has 32 heavy (non-hydrogen) atoms. The van der Waals surface area contributed by atoms with Crippen molar-refractivity contribution in [3.8, 4) is 0 Å². The van der Waals surface area contributed by atoms with E-state index in [1.165, 1.54) is 4.90 Å². The summed E-state index contributed by atoms with van der Waals surface area (Å²) in [6.07, 6.45) is 1.55. The molecule has 4 rings (SSSR count). The maximum Gasteiger partial charge on any atom is 0.332 e. The van der Waals surface area contributed by atoms with Crippen molar-refractivity contribution in [1.29, 1.82) is 0 Å². The first-order chi connectivity index (χ1) is 15.4. The third kappa shape index (κ3) is 4.42. The van der Waals surface area contributed by atoms with Gasteiger partial charge in [-0.25, -0.2) is 4.79 Å². The highest BCUT2D eigenvalue weighted by atomic mass is 16.3. The fourth-order valence-electron chi connectivity index (χ4n) is 3.77. The molecule has 1 fully saturated rings. The van der Waals surface area contributed by atoms with Crippen LogP contribution in [0.15, 0.2) is 77.4 Å². The zero-order chi connectivity index (χ0) is 22.7. The van der Waals surface area contributed by atoms with Gasteiger partial charge in [-0.05, 0) is 43.7 Å². The van der Waals surface area contributed by atoms with Crippen molar-refractivity contribution in [3.05, 3.63) is 89.9 Å². The Morgan fingerprint density at radius 1 is 0.969 bits per heavy atom. The summed E-state index contributed by atoms with van der Waals surface area (Å²) in [5.41, 5.74) is 2.63. The summed E-state index contributed by atoms with van der Waals surface area (Å²) >= 11 is 0. The Balaban J connectivity index is 1.53. The number of imide groups is 1. The fraction of sp³-hybridized carbons (Fsp3) is 0.240. The normalized spacial score (nSPS) is 16.0. The van der Waals surface area contributed by atoms with Gasteiger partial charge in [0.1, 0.15) is 18.3 Å². The number of benzene rings is 2. The van der Waals surface area contributed by atoms with Gasteiger partial charge in [0.25, 0.3) is 5.91 Å². The van der Waals surface area contributed by atoms with Crippen molar-refractivity contribution in [3.63, 3.8) is 0 Å². The molecule has 164 valence electrons. The van der Waals surface area contributed by atoms with E-state index >= 15 is 0 Å². The van der Waals surface area contributed by atoms with Crippen LogP contribution in [0.25, 0.3) is 0 Å². The molecule has 2 aromatic carbocycles. The summed E-state index contributed by atoms with van der Waals surface area (Å²) in [6, 6.07) is 19.3. The van der Waals surface area contributed by atoms with Crippen LogP contribution in [0.4, 0.5) is 10.5 Å². The van der Waals surface area contributed by atoms with Crippen molar-refractivity contribution in [1.82, 2.24) is 9.80 Å². The van der Waals surface area contributed by atoms with E-state index in [1.54, 1.807) is 42.4 Å². The Morgan fingerprint density at radius 3 is 2.34 bits per heavy atom. The number of carbonyl (C=O) groups excluding carboxylic acids is 3. The van der Waals surface area contributed by atoms with Gasteiger partial charge in [0.05, 0.1) is 12.8 Å². The lowest BCUT2D eigenvalue weighted by atomic mass is 10.2. The van der Waals surface area contributed by atoms with Crippen LogP contribution in [0.2, 0.25) is 0 Å². The molecule has 0 aliphatic carbocycles. The van der Waals surface area contributed by atoms with Crippen LogP contribution in [0, 0.1) is 6.92 Å². The summed E-state index contributed by atoms with van der Waals surface area (Å²) < 4.78 is 5.42. The molecule has 0 N–H and O–H groups in total. The van der Waals surface area contributed by atoms with Gasteiger partial charge in [-0.3, -0.25) is 19.4 Å². The zero-order valence-corrected chi connectivity index (χ0v) is 18.1. The van der Waals surface area contributed by atoms with E-state index in [0.717, 1.165) is 16.0 Å². The molecule has 7 nitrogen and oxygen atoms in total. The minimum Gasteiger partial charge on any atom is -0.467 e. The topological polar surface area (TPSA) is 74.1 Å². The third-order valence-corrected chi connectivity index (χ3v) is 5.55. The highest BCUT2D eigenvalue weighted by molar-refractivity contribution is 6.15. The number of furan rings is 1. The number of hydrogen-bond acceptors (Lipinski definition) is 4. The van der Waals surface area contributed by atoms with Gasteiger partial charge in [-0.2, -0.15) is 0 Å². The number of nitrogens with zero attached hydrogens (tertiary/aromatic N) is 3. The van der Waals surface area contributed by atoms with Crippen LogP contribution in [0.1, 0.15) is 23.8 Å². The van der Waals surface area contributed by atoms with E-state index in [2.05, 4.69) is 0 Å². The number of amides is 4. The van der Waals surface area contributed by atoms with Gasteiger partial charge in [0.15, 0.2) is 0 Å². The summed E-state index contributed by atoms with van der Waals surface area (Å²) in [6.45, 7) is 3.89. The molecule has 1 aromatic heterocycles. The van der Waals surface area contributed by atoms with Crippen molar-refractivity contribution >= 4 is 23.5 Å². The first-order valence-electron chi connectivity index (χ1n) is 10.5. The van der Waals surface area contributed by atoms with Gasteiger partial charge in [-0.15, -0.1) is 0 Å². The van der Waals surface area contributed by atoms with Crippen LogP contribution in [0.5, 0.6) is 0 Å². The lowest BCUT2D eigenvalue weighted by Gasteiger charge is -2.24. The molecule has 0 bridgehead atoms. The highest BCUT2D eigenvalue weighted by Crippen LogP contribution is 2.26. The molecule has 7 heteroatoms. The summed E-state index contributed by atoms with van der Waals surface area (Å²) in [5, 5.41) is 0. The predicted octanol–water partition coefficient (Wildman–Crippen LogP) is 3.97. The monoisotopic (exact) mass is 431 g/mol. The second-order valence-electron chi connectivity index (χ2n) is 7.90. The predicted molar refractivity (Wildman–Crippen MR) is 120 cm³/mol. The quantitative estimate of drug-likeness (QED) is 0.531. The lowest BCUT2D eigenvalue weighted by Crippen LogP contribution is -2.43. The largest absolute Gasteiger partial charge is 0.467 e. The molecule has 1 aliphatic heterocycles. The molecule has 0 spiro atoms. The maximum atomic E-state index is 13.2. The Labute approximate surface area is 186 Å². The van der Waals surface area contributed by atoms with Crippen molar-refractivity contribution < 1.29 is 18.8 Å². The van der Waals surface area contributed by atoms with Crippen LogP contribution in [-0.2, 0) is 22.7 Å². The molecule has 1 unspecified atom stereocenters.